The molecule has 1 saturated heterocycles. The number of hydrogen-bond donors (Lipinski definition) is 2. The quantitative estimate of drug-likeness (QED) is 0.374. The number of nitrogens with zero attached hydrogens (tertiary/aromatic N) is 3. The molecule has 0 radical (unpaired) electrons. The number of likely N-dealkylation sites (tertiary alicyclic amines) is 1. The third-order valence-electron chi connectivity index (χ3n) is 4.89. The van der Waals surface area contributed by atoms with Gasteiger partial charge in [-0.05, 0) is 38.1 Å². The highest BCUT2D eigenvalue weighted by Crippen LogP contribution is 2.18. The van der Waals surface area contributed by atoms with E-state index >= 15 is 0 Å². The van der Waals surface area contributed by atoms with Gasteiger partial charge in [0.1, 0.15) is 6.26 Å². The molecule has 2 aromatic rings. The van der Waals surface area contributed by atoms with E-state index in [0.717, 1.165) is 30.3 Å². The van der Waals surface area contributed by atoms with E-state index in [-0.39, 0.29) is 24.0 Å². The number of halogens is 1. The molecule has 148 valence electrons. The fourth-order valence-electron chi connectivity index (χ4n) is 3.42. The zero-order chi connectivity index (χ0) is 18.2. The first-order chi connectivity index (χ1) is 12.8. The summed E-state index contributed by atoms with van der Waals surface area (Å²) in [6.45, 7) is 6.05. The summed E-state index contributed by atoms with van der Waals surface area (Å²) >= 11 is 0. The van der Waals surface area contributed by atoms with Gasteiger partial charge in [0.25, 0.3) is 0 Å². The van der Waals surface area contributed by atoms with Gasteiger partial charge in [0.2, 0.25) is 5.89 Å². The molecule has 7 heteroatoms. The van der Waals surface area contributed by atoms with Crippen LogP contribution in [0.1, 0.15) is 31.9 Å². The molecule has 0 saturated carbocycles. The average molecular weight is 483 g/mol. The van der Waals surface area contributed by atoms with Gasteiger partial charge < -0.3 is 15.1 Å². The molecule has 2 N–H and O–H groups in total. The van der Waals surface area contributed by atoms with Gasteiger partial charge in [-0.25, -0.2) is 4.98 Å². The predicted molar refractivity (Wildman–Crippen MR) is 120 cm³/mol. The fourth-order valence-corrected chi connectivity index (χ4v) is 3.42. The van der Waals surface area contributed by atoms with Crippen LogP contribution in [0.4, 0.5) is 0 Å². The molecule has 1 aliphatic heterocycles. The van der Waals surface area contributed by atoms with Crippen molar-refractivity contribution in [1.29, 1.82) is 0 Å². The van der Waals surface area contributed by atoms with E-state index in [1.807, 2.05) is 30.3 Å². The highest BCUT2D eigenvalue weighted by atomic mass is 127. The largest absolute Gasteiger partial charge is 0.444 e. The number of aliphatic imine (C=N–C) groups is 1. The Morgan fingerprint density at radius 3 is 2.81 bits per heavy atom. The lowest BCUT2D eigenvalue weighted by atomic mass is 10.0. The Labute approximate surface area is 178 Å². The molecule has 0 spiro atoms. The van der Waals surface area contributed by atoms with Crippen LogP contribution in [-0.4, -0.2) is 48.6 Å². The molecular weight excluding hydrogens is 453 g/mol. The Morgan fingerprint density at radius 2 is 2.07 bits per heavy atom. The third kappa shape index (κ3) is 6.21. The molecule has 1 aromatic carbocycles. The maximum absolute atomic E-state index is 5.58. The summed E-state index contributed by atoms with van der Waals surface area (Å²) in [5, 5.41) is 6.77. The highest BCUT2D eigenvalue weighted by Gasteiger charge is 2.20. The molecule has 1 unspecified atom stereocenters. The van der Waals surface area contributed by atoms with Crippen LogP contribution in [-0.2, 0) is 6.54 Å². The van der Waals surface area contributed by atoms with E-state index in [4.69, 9.17) is 4.42 Å². The van der Waals surface area contributed by atoms with Crippen LogP contribution in [0.3, 0.4) is 0 Å². The van der Waals surface area contributed by atoms with E-state index in [9.17, 15) is 0 Å². The molecule has 0 bridgehead atoms. The van der Waals surface area contributed by atoms with Gasteiger partial charge in [-0.2, -0.15) is 0 Å². The van der Waals surface area contributed by atoms with E-state index in [1.54, 1.807) is 13.3 Å². The first-order valence-electron chi connectivity index (χ1n) is 9.48. The van der Waals surface area contributed by atoms with Gasteiger partial charge in [-0.15, -0.1) is 24.0 Å². The normalized spacial score (nSPS) is 18.0. The van der Waals surface area contributed by atoms with Crippen molar-refractivity contribution in [2.45, 2.75) is 38.8 Å². The first kappa shape index (κ1) is 21.7. The van der Waals surface area contributed by atoms with Gasteiger partial charge in [-0.1, -0.05) is 31.5 Å². The minimum absolute atomic E-state index is 0. The average Bonchev–Trinajstić information content (AvgIpc) is 3.18. The number of hydrogen-bond acceptors (Lipinski definition) is 4. The summed E-state index contributed by atoms with van der Waals surface area (Å²) in [5.74, 6) is 1.45. The number of guanidine groups is 1. The summed E-state index contributed by atoms with van der Waals surface area (Å²) < 4.78 is 5.58. The van der Waals surface area contributed by atoms with Crippen molar-refractivity contribution in [3.8, 4) is 11.5 Å². The zero-order valence-corrected chi connectivity index (χ0v) is 18.5. The lowest BCUT2D eigenvalue weighted by Crippen LogP contribution is -2.48. The fraction of sp³-hybridized carbons (Fsp3) is 0.500. The Hall–Kier alpha value is -1.61. The van der Waals surface area contributed by atoms with E-state index in [0.29, 0.717) is 18.5 Å². The van der Waals surface area contributed by atoms with Crippen LogP contribution in [0.25, 0.3) is 11.5 Å². The topological polar surface area (TPSA) is 65.7 Å². The van der Waals surface area contributed by atoms with Crippen molar-refractivity contribution < 1.29 is 4.42 Å². The summed E-state index contributed by atoms with van der Waals surface area (Å²) in [4.78, 5) is 11.4. The van der Waals surface area contributed by atoms with Crippen LogP contribution < -0.4 is 10.6 Å². The number of piperidine rings is 1. The molecule has 1 aliphatic rings. The van der Waals surface area contributed by atoms with Gasteiger partial charge in [0.15, 0.2) is 5.96 Å². The molecule has 3 rings (SSSR count). The second-order valence-electron chi connectivity index (χ2n) is 6.59. The lowest BCUT2D eigenvalue weighted by Gasteiger charge is -2.35. The Kier molecular flexibility index (Phi) is 9.06. The van der Waals surface area contributed by atoms with Gasteiger partial charge in [0, 0.05) is 25.2 Å². The van der Waals surface area contributed by atoms with Crippen molar-refractivity contribution in [1.82, 2.24) is 20.5 Å². The molecule has 0 aliphatic carbocycles. The van der Waals surface area contributed by atoms with Crippen molar-refractivity contribution in [3.05, 3.63) is 42.3 Å². The summed E-state index contributed by atoms with van der Waals surface area (Å²) in [6.07, 6.45) is 5.58. The molecule has 1 fully saturated rings. The second-order valence-corrected chi connectivity index (χ2v) is 6.59. The maximum Gasteiger partial charge on any atom is 0.226 e. The number of likely N-dealkylation sites (N-methyl/N-ethyl adjacent to an activating group) is 1. The summed E-state index contributed by atoms with van der Waals surface area (Å²) in [6, 6.07) is 10.5. The molecule has 0 amide bonds. The lowest BCUT2D eigenvalue weighted by molar-refractivity contribution is 0.157. The third-order valence-corrected chi connectivity index (χ3v) is 4.89. The van der Waals surface area contributed by atoms with E-state index < -0.39 is 0 Å². The molecule has 6 nitrogen and oxygen atoms in total. The second kappa shape index (κ2) is 11.3. The Bertz CT molecular complexity index is 703. The SMILES string of the molecule is CCN1CCCCC1CNC(=NC)NCc1coc(-c2ccccc2)n1.I. The number of aromatic nitrogens is 1. The molecule has 27 heavy (non-hydrogen) atoms. The van der Waals surface area contributed by atoms with Crippen molar-refractivity contribution >= 4 is 29.9 Å². The number of benzene rings is 1. The number of oxazole rings is 1. The van der Waals surface area contributed by atoms with Gasteiger partial charge in [-0.3, -0.25) is 9.89 Å². The van der Waals surface area contributed by atoms with E-state index in [1.165, 1.54) is 25.8 Å². The summed E-state index contributed by atoms with van der Waals surface area (Å²) in [7, 11) is 1.80. The standard InChI is InChI=1S/C20H29N5O.HI/c1-3-25-12-8-7-11-18(25)14-23-20(21-2)22-13-17-15-26-19(24-17)16-9-5-4-6-10-16;/h4-6,9-10,15,18H,3,7-8,11-14H2,1-2H3,(H2,21,22,23);1H. The number of nitrogens with one attached hydrogen (secondary N) is 2. The van der Waals surface area contributed by atoms with Crippen LogP contribution in [0.5, 0.6) is 0 Å². The van der Waals surface area contributed by atoms with Gasteiger partial charge in [0.05, 0.1) is 12.2 Å². The minimum atomic E-state index is 0. The maximum atomic E-state index is 5.58. The van der Waals surface area contributed by atoms with Gasteiger partial charge >= 0.3 is 0 Å². The Balaban J connectivity index is 0.00000261. The molecular formula is C20H30IN5O. The van der Waals surface area contributed by atoms with Crippen LogP contribution in [0, 0.1) is 0 Å². The van der Waals surface area contributed by atoms with Crippen LogP contribution in [0.15, 0.2) is 46.0 Å². The monoisotopic (exact) mass is 483 g/mol. The van der Waals surface area contributed by atoms with Crippen LogP contribution >= 0.6 is 24.0 Å². The number of rotatable bonds is 6. The minimum Gasteiger partial charge on any atom is -0.444 e. The summed E-state index contributed by atoms with van der Waals surface area (Å²) in [5.41, 5.74) is 1.85. The van der Waals surface area contributed by atoms with Crippen molar-refractivity contribution in [2.75, 3.05) is 26.7 Å². The molecule has 1 atom stereocenters. The van der Waals surface area contributed by atoms with Crippen molar-refractivity contribution in [3.63, 3.8) is 0 Å². The van der Waals surface area contributed by atoms with E-state index in [2.05, 4.69) is 32.4 Å². The molecule has 1 aromatic heterocycles. The smallest absolute Gasteiger partial charge is 0.226 e. The first-order valence-corrected chi connectivity index (χ1v) is 9.48. The zero-order valence-electron chi connectivity index (χ0n) is 16.1. The Morgan fingerprint density at radius 1 is 1.26 bits per heavy atom. The van der Waals surface area contributed by atoms with Crippen LogP contribution in [0.2, 0.25) is 0 Å². The van der Waals surface area contributed by atoms with Crippen molar-refractivity contribution in [2.24, 2.45) is 4.99 Å². The predicted octanol–water partition coefficient (Wildman–Crippen LogP) is 3.50. The molecule has 2 heterocycles. The highest BCUT2D eigenvalue weighted by molar-refractivity contribution is 14.0.